The van der Waals surface area contributed by atoms with Gasteiger partial charge in [0, 0.05) is 4.90 Å². The molecule has 1 rings (SSSR count). The van der Waals surface area contributed by atoms with Gasteiger partial charge in [0.2, 0.25) is 0 Å². The van der Waals surface area contributed by atoms with Gasteiger partial charge >= 0.3 is 19.3 Å². The van der Waals surface area contributed by atoms with E-state index in [0.717, 1.165) is 0 Å². The molecule has 0 N–H and O–H groups in total. The summed E-state index contributed by atoms with van der Waals surface area (Å²) in [5.74, 6) is 0. The molecular formula is C7H7ClMgS. The first-order valence-corrected chi connectivity index (χ1v) is 7.12. The molecule has 10 heavy (non-hydrogen) atoms. The lowest BCUT2D eigenvalue weighted by molar-refractivity contribution is 1.49. The molecule has 0 unspecified atom stereocenters. The summed E-state index contributed by atoms with van der Waals surface area (Å²) in [6.45, 7) is 0. The second-order valence-electron chi connectivity index (χ2n) is 1.98. The molecule has 50 valence electrons. The van der Waals surface area contributed by atoms with E-state index >= 15 is 0 Å². The summed E-state index contributed by atoms with van der Waals surface area (Å²) in [4.78, 5) is 1.31. The first-order valence-electron chi connectivity index (χ1n) is 3.05. The standard InChI is InChI=1S/C7H7S.ClH.Mg/c1-8-7-5-3-2-4-6-7;;/h3-6H,1H3;1H;/q;;+1/p-1. The number of halogens is 1. The Hall–Kier alpha value is 0.626. The molecule has 0 heterocycles. The molecule has 0 aromatic heterocycles. The molecule has 0 saturated carbocycles. The van der Waals surface area contributed by atoms with Gasteiger partial charge in [0.05, 0.1) is 0 Å². The molecule has 3 heteroatoms. The van der Waals surface area contributed by atoms with E-state index in [9.17, 15) is 0 Å². The number of benzene rings is 1. The van der Waals surface area contributed by atoms with Gasteiger partial charge in [-0.3, -0.25) is 0 Å². The lowest BCUT2D eigenvalue weighted by Gasteiger charge is -1.96. The van der Waals surface area contributed by atoms with Crippen molar-refractivity contribution in [1.82, 2.24) is 0 Å². The van der Waals surface area contributed by atoms with Crippen molar-refractivity contribution in [2.45, 2.75) is 4.90 Å². The number of thioether (sulfide) groups is 1. The Bertz CT molecular complexity index is 174. The van der Waals surface area contributed by atoms with Crippen molar-refractivity contribution in [3.05, 3.63) is 24.3 Å². The average molecular weight is 183 g/mol. The highest BCUT2D eigenvalue weighted by Gasteiger charge is 1.94. The molecule has 0 fully saturated rings. The second kappa shape index (κ2) is 4.49. The van der Waals surface area contributed by atoms with Gasteiger partial charge in [-0.25, -0.2) is 0 Å². The maximum absolute atomic E-state index is 5.75. The molecule has 0 spiro atoms. The Balaban J connectivity index is 2.80. The Morgan fingerprint density at radius 2 is 1.90 bits per heavy atom. The fraction of sp³-hybridized carbons (Fsp3) is 0.143. The minimum absolute atomic E-state index is 0.469. The van der Waals surface area contributed by atoms with Crippen LogP contribution in [0.2, 0.25) is 0 Å². The quantitative estimate of drug-likeness (QED) is 0.498. The minimum atomic E-state index is -0.469. The third kappa shape index (κ3) is 2.35. The highest BCUT2D eigenvalue weighted by atomic mass is 35.5. The fourth-order valence-electron chi connectivity index (χ4n) is 0.715. The lowest BCUT2D eigenvalue weighted by Crippen LogP contribution is -2.06. The molecule has 0 atom stereocenters. The first-order chi connectivity index (χ1) is 4.86. The van der Waals surface area contributed by atoms with Crippen LogP contribution >= 0.6 is 20.8 Å². The molecule has 0 aliphatic heterocycles. The fourth-order valence-corrected chi connectivity index (χ4v) is 2.07. The molecule has 0 nitrogen and oxygen atoms in total. The zero-order valence-electron chi connectivity index (χ0n) is 5.80. The van der Waals surface area contributed by atoms with Gasteiger partial charge in [-0.15, -0.1) is 15.5 Å². The summed E-state index contributed by atoms with van der Waals surface area (Å²) in [6.07, 6.45) is 2.08. The third-order valence-electron chi connectivity index (χ3n) is 1.31. The zero-order chi connectivity index (χ0) is 7.40. The van der Waals surface area contributed by atoms with Crippen LogP contribution in [0.5, 0.6) is 0 Å². The van der Waals surface area contributed by atoms with Crippen LogP contribution in [0, 0.1) is 0 Å². The lowest BCUT2D eigenvalue weighted by atomic mass is 10.4. The van der Waals surface area contributed by atoms with Crippen LogP contribution in [0.4, 0.5) is 0 Å². The van der Waals surface area contributed by atoms with Crippen molar-refractivity contribution in [2.75, 3.05) is 6.26 Å². The molecule has 0 aliphatic rings. The summed E-state index contributed by atoms with van der Waals surface area (Å²) >= 11 is 1.29. The molecule has 1 aromatic carbocycles. The monoisotopic (exact) mass is 182 g/mol. The van der Waals surface area contributed by atoms with E-state index in [1.807, 2.05) is 0 Å². The summed E-state index contributed by atoms with van der Waals surface area (Å²) in [5.41, 5.74) is 0. The molecule has 0 amide bonds. The van der Waals surface area contributed by atoms with Crippen LogP contribution in [0.3, 0.4) is 0 Å². The maximum Gasteiger partial charge on any atom is 0.538 e. The predicted molar refractivity (Wildman–Crippen MR) is 49.5 cm³/mol. The van der Waals surface area contributed by atoms with Gasteiger partial charge in [-0.1, -0.05) is 24.3 Å². The Morgan fingerprint density at radius 1 is 1.30 bits per heavy atom. The largest absolute Gasteiger partial charge is 0.538 e. The number of hydrogen-bond donors (Lipinski definition) is 0. The highest BCUT2D eigenvalue weighted by molar-refractivity contribution is 7.98. The normalized spacial score (nSPS) is 9.00. The van der Waals surface area contributed by atoms with Crippen molar-refractivity contribution in [3.63, 3.8) is 0 Å². The Morgan fingerprint density at radius 3 is 2.30 bits per heavy atom. The van der Waals surface area contributed by atoms with Crippen LogP contribution in [0.1, 0.15) is 0 Å². The van der Waals surface area contributed by atoms with E-state index in [1.54, 1.807) is 11.8 Å². The van der Waals surface area contributed by atoms with Gasteiger partial charge in [0.15, 0.2) is 0 Å². The SMILES string of the molecule is CSc1cc[c]([Mg][Cl])cc1. The topological polar surface area (TPSA) is 0 Å². The van der Waals surface area contributed by atoms with Gasteiger partial charge in [-0.2, -0.15) is 0 Å². The highest BCUT2D eigenvalue weighted by Crippen LogP contribution is 2.11. The van der Waals surface area contributed by atoms with Crippen LogP contribution in [-0.4, -0.2) is 25.5 Å². The van der Waals surface area contributed by atoms with Crippen LogP contribution < -0.4 is 3.69 Å². The van der Waals surface area contributed by atoms with Gasteiger partial charge in [0.25, 0.3) is 0 Å². The van der Waals surface area contributed by atoms with Crippen molar-refractivity contribution >= 4 is 43.8 Å². The van der Waals surface area contributed by atoms with E-state index in [2.05, 4.69) is 30.5 Å². The first kappa shape index (κ1) is 8.72. The van der Waals surface area contributed by atoms with E-state index in [4.69, 9.17) is 9.07 Å². The van der Waals surface area contributed by atoms with Gasteiger partial charge in [0.1, 0.15) is 0 Å². The van der Waals surface area contributed by atoms with Crippen molar-refractivity contribution in [1.29, 1.82) is 0 Å². The maximum atomic E-state index is 5.75. The molecule has 0 radical (unpaired) electrons. The van der Waals surface area contributed by atoms with E-state index in [1.165, 1.54) is 8.59 Å². The number of rotatable bonds is 2. The molecule has 0 bridgehead atoms. The minimum Gasteiger partial charge on any atom is -0.336 e. The van der Waals surface area contributed by atoms with Gasteiger partial charge < -0.3 is 9.07 Å². The van der Waals surface area contributed by atoms with Crippen LogP contribution in [0.15, 0.2) is 29.2 Å². The Labute approximate surface area is 78.8 Å². The van der Waals surface area contributed by atoms with Crippen molar-refractivity contribution < 1.29 is 0 Å². The van der Waals surface area contributed by atoms with Gasteiger partial charge in [-0.05, 0) is 6.26 Å². The van der Waals surface area contributed by atoms with E-state index < -0.39 is 19.3 Å². The van der Waals surface area contributed by atoms with Crippen molar-refractivity contribution in [2.24, 2.45) is 0 Å². The number of hydrogen-bond acceptors (Lipinski definition) is 1. The smallest absolute Gasteiger partial charge is 0.336 e. The zero-order valence-corrected chi connectivity index (χ0v) is 8.79. The molecular weight excluding hydrogens is 176 g/mol. The van der Waals surface area contributed by atoms with Crippen molar-refractivity contribution in [3.8, 4) is 0 Å². The Kier molecular flexibility index (Phi) is 3.92. The summed E-state index contributed by atoms with van der Waals surface area (Å²) < 4.78 is 1.32. The summed E-state index contributed by atoms with van der Waals surface area (Å²) in [6, 6.07) is 8.47. The predicted octanol–water partition coefficient (Wildman–Crippen LogP) is 1.89. The molecule has 0 saturated heterocycles. The second-order valence-corrected chi connectivity index (χ2v) is 4.75. The van der Waals surface area contributed by atoms with E-state index in [0.29, 0.717) is 0 Å². The summed E-state index contributed by atoms with van der Waals surface area (Å²) in [5, 5.41) is 0. The molecule has 0 aliphatic carbocycles. The van der Waals surface area contributed by atoms with Crippen LogP contribution in [0.25, 0.3) is 0 Å². The van der Waals surface area contributed by atoms with E-state index in [-0.39, 0.29) is 0 Å². The van der Waals surface area contributed by atoms with Crippen LogP contribution in [-0.2, 0) is 0 Å². The third-order valence-corrected chi connectivity index (χ3v) is 3.76. The summed E-state index contributed by atoms with van der Waals surface area (Å²) in [7, 11) is 5.75. The molecule has 1 aromatic rings. The average Bonchev–Trinajstić information content (AvgIpc) is 2.05.